The Balaban J connectivity index is 2.89. The first-order valence-electron chi connectivity index (χ1n) is 6.12. The van der Waals surface area contributed by atoms with Crippen LogP contribution in [0.4, 0.5) is 0 Å². The SMILES string of the molecule is CCOP(=O)(OCC)[C@H](C#N)Cc1ccc(O)cc1. The van der Waals surface area contributed by atoms with Crippen LogP contribution in [-0.4, -0.2) is 24.0 Å². The number of nitriles is 1. The molecule has 1 N–H and O–H groups in total. The summed E-state index contributed by atoms with van der Waals surface area (Å²) in [4.78, 5) is 0. The molecule has 0 unspecified atom stereocenters. The summed E-state index contributed by atoms with van der Waals surface area (Å²) in [6, 6.07) is 8.41. The topological polar surface area (TPSA) is 79.5 Å². The molecule has 0 aromatic heterocycles. The van der Waals surface area contributed by atoms with Crippen LogP contribution in [0, 0.1) is 11.3 Å². The maximum atomic E-state index is 12.5. The third-order valence-electron chi connectivity index (χ3n) is 2.51. The van der Waals surface area contributed by atoms with Gasteiger partial charge in [-0.3, -0.25) is 4.57 Å². The molecule has 0 radical (unpaired) electrons. The third kappa shape index (κ3) is 4.36. The van der Waals surface area contributed by atoms with Crippen molar-refractivity contribution in [2.45, 2.75) is 25.9 Å². The summed E-state index contributed by atoms with van der Waals surface area (Å²) in [7, 11) is -3.43. The lowest BCUT2D eigenvalue weighted by Gasteiger charge is -2.21. The van der Waals surface area contributed by atoms with E-state index in [2.05, 4.69) is 0 Å². The van der Waals surface area contributed by atoms with Gasteiger partial charge in [0, 0.05) is 0 Å². The Morgan fingerprint density at radius 2 is 1.79 bits per heavy atom. The van der Waals surface area contributed by atoms with Gasteiger partial charge in [0.1, 0.15) is 5.75 Å². The number of aromatic hydroxyl groups is 1. The molecule has 0 aliphatic heterocycles. The fourth-order valence-electron chi connectivity index (χ4n) is 1.66. The van der Waals surface area contributed by atoms with Gasteiger partial charge in [-0.15, -0.1) is 0 Å². The Labute approximate surface area is 113 Å². The molecule has 0 spiro atoms. The fraction of sp³-hybridized carbons (Fsp3) is 0.462. The summed E-state index contributed by atoms with van der Waals surface area (Å²) < 4.78 is 22.9. The number of benzene rings is 1. The molecule has 0 saturated carbocycles. The van der Waals surface area contributed by atoms with Crippen LogP contribution in [-0.2, 0) is 20.0 Å². The van der Waals surface area contributed by atoms with Crippen LogP contribution in [0.25, 0.3) is 0 Å². The van der Waals surface area contributed by atoms with E-state index < -0.39 is 13.3 Å². The van der Waals surface area contributed by atoms with Crippen LogP contribution in [0.15, 0.2) is 24.3 Å². The van der Waals surface area contributed by atoms with E-state index in [4.69, 9.17) is 9.05 Å². The second-order valence-electron chi connectivity index (χ2n) is 3.89. The van der Waals surface area contributed by atoms with Gasteiger partial charge in [0.25, 0.3) is 0 Å². The van der Waals surface area contributed by atoms with Gasteiger partial charge in [-0.05, 0) is 38.0 Å². The molecule has 5 nitrogen and oxygen atoms in total. The first-order chi connectivity index (χ1) is 9.05. The zero-order valence-corrected chi connectivity index (χ0v) is 12.0. The average molecular weight is 283 g/mol. The Bertz CT molecular complexity index is 470. The van der Waals surface area contributed by atoms with E-state index in [-0.39, 0.29) is 25.4 Å². The minimum atomic E-state index is -3.43. The third-order valence-corrected chi connectivity index (χ3v) is 4.81. The Hall–Kier alpha value is -1.34. The fourth-order valence-corrected chi connectivity index (χ4v) is 3.39. The van der Waals surface area contributed by atoms with Crippen molar-refractivity contribution < 1.29 is 18.7 Å². The smallest absolute Gasteiger partial charge is 0.348 e. The number of rotatable bonds is 7. The van der Waals surface area contributed by atoms with Gasteiger partial charge in [-0.25, -0.2) is 0 Å². The molecule has 0 saturated heterocycles. The molecule has 1 aromatic rings. The van der Waals surface area contributed by atoms with Crippen molar-refractivity contribution in [3.63, 3.8) is 0 Å². The lowest BCUT2D eigenvalue weighted by Crippen LogP contribution is -2.14. The van der Waals surface area contributed by atoms with Crippen LogP contribution in [0.3, 0.4) is 0 Å². The maximum absolute atomic E-state index is 12.5. The van der Waals surface area contributed by atoms with E-state index in [1.165, 1.54) is 12.1 Å². The van der Waals surface area contributed by atoms with Crippen molar-refractivity contribution in [3.8, 4) is 11.8 Å². The van der Waals surface area contributed by atoms with E-state index in [1.54, 1.807) is 26.0 Å². The van der Waals surface area contributed by atoms with E-state index in [0.29, 0.717) is 0 Å². The van der Waals surface area contributed by atoms with Gasteiger partial charge in [-0.1, -0.05) is 12.1 Å². The van der Waals surface area contributed by atoms with Gasteiger partial charge < -0.3 is 14.2 Å². The van der Waals surface area contributed by atoms with Crippen LogP contribution >= 0.6 is 7.60 Å². The highest BCUT2D eigenvalue weighted by molar-refractivity contribution is 7.55. The molecule has 6 heteroatoms. The Morgan fingerprint density at radius 3 is 2.21 bits per heavy atom. The van der Waals surface area contributed by atoms with Crippen LogP contribution in [0.1, 0.15) is 19.4 Å². The van der Waals surface area contributed by atoms with E-state index in [9.17, 15) is 14.9 Å². The second kappa shape index (κ2) is 7.30. The van der Waals surface area contributed by atoms with Crippen molar-refractivity contribution in [2.75, 3.05) is 13.2 Å². The van der Waals surface area contributed by atoms with Crippen LogP contribution < -0.4 is 0 Å². The van der Waals surface area contributed by atoms with Crippen LogP contribution in [0.2, 0.25) is 0 Å². The molecule has 0 amide bonds. The summed E-state index contributed by atoms with van der Waals surface area (Å²) in [5, 5.41) is 18.4. The Kier molecular flexibility index (Phi) is 6.04. The molecule has 0 bridgehead atoms. The summed E-state index contributed by atoms with van der Waals surface area (Å²) in [5.41, 5.74) is -0.0547. The molecule has 0 aliphatic carbocycles. The molecule has 0 aliphatic rings. The highest BCUT2D eigenvalue weighted by Crippen LogP contribution is 2.53. The summed E-state index contributed by atoms with van der Waals surface area (Å²) in [6.07, 6.45) is 0.258. The van der Waals surface area contributed by atoms with Gasteiger partial charge in [-0.2, -0.15) is 5.26 Å². The first kappa shape index (κ1) is 15.7. The molecule has 0 fully saturated rings. The standard InChI is InChI=1S/C13H18NO4P/c1-3-17-19(16,18-4-2)13(10-14)9-11-5-7-12(15)8-6-11/h5-8,13,15H,3-4,9H2,1-2H3/t13-/m0/s1. The van der Waals surface area contributed by atoms with Crippen molar-refractivity contribution in [3.05, 3.63) is 29.8 Å². The monoisotopic (exact) mass is 283 g/mol. The number of nitrogens with zero attached hydrogens (tertiary/aromatic N) is 1. The van der Waals surface area contributed by atoms with E-state index >= 15 is 0 Å². The van der Waals surface area contributed by atoms with Crippen molar-refractivity contribution in [2.24, 2.45) is 0 Å². The largest absolute Gasteiger partial charge is 0.508 e. The quantitative estimate of drug-likeness (QED) is 0.778. The van der Waals surface area contributed by atoms with E-state index in [1.807, 2.05) is 6.07 Å². The predicted octanol–water partition coefficient (Wildman–Crippen LogP) is 3.09. The zero-order valence-electron chi connectivity index (χ0n) is 11.1. The molecular formula is C13H18NO4P. The van der Waals surface area contributed by atoms with Crippen molar-refractivity contribution in [1.82, 2.24) is 0 Å². The van der Waals surface area contributed by atoms with E-state index in [0.717, 1.165) is 5.56 Å². The van der Waals surface area contributed by atoms with Gasteiger partial charge in [0.15, 0.2) is 5.66 Å². The highest BCUT2D eigenvalue weighted by Gasteiger charge is 2.35. The summed E-state index contributed by atoms with van der Waals surface area (Å²) in [5.74, 6) is 0.148. The molecule has 1 aromatic carbocycles. The summed E-state index contributed by atoms with van der Waals surface area (Å²) in [6.45, 7) is 3.87. The maximum Gasteiger partial charge on any atom is 0.348 e. The minimum Gasteiger partial charge on any atom is -0.508 e. The van der Waals surface area contributed by atoms with Crippen LogP contribution in [0.5, 0.6) is 5.75 Å². The minimum absolute atomic E-state index is 0.148. The van der Waals surface area contributed by atoms with Crippen molar-refractivity contribution in [1.29, 1.82) is 5.26 Å². The molecule has 104 valence electrons. The predicted molar refractivity (Wildman–Crippen MR) is 72.1 cm³/mol. The van der Waals surface area contributed by atoms with Gasteiger partial charge in [0.05, 0.1) is 19.3 Å². The lowest BCUT2D eigenvalue weighted by atomic mass is 10.1. The highest BCUT2D eigenvalue weighted by atomic mass is 31.2. The second-order valence-corrected chi connectivity index (χ2v) is 6.11. The van der Waals surface area contributed by atoms with Crippen molar-refractivity contribution >= 4 is 7.60 Å². The lowest BCUT2D eigenvalue weighted by molar-refractivity contribution is 0.216. The molecule has 1 atom stereocenters. The number of phenolic OH excluding ortho intramolecular Hbond substituents is 1. The summed E-state index contributed by atoms with van der Waals surface area (Å²) >= 11 is 0. The molecule has 19 heavy (non-hydrogen) atoms. The number of hydrogen-bond donors (Lipinski definition) is 1. The molecule has 1 rings (SSSR count). The molecular weight excluding hydrogens is 265 g/mol. The number of phenols is 1. The zero-order chi connectivity index (χ0) is 14.3. The first-order valence-corrected chi connectivity index (χ1v) is 7.73. The van der Waals surface area contributed by atoms with Gasteiger partial charge in [0.2, 0.25) is 0 Å². The Morgan fingerprint density at radius 1 is 1.26 bits per heavy atom. The normalized spacial score (nSPS) is 12.9. The molecule has 0 heterocycles. The average Bonchev–Trinajstić information content (AvgIpc) is 2.38. The van der Waals surface area contributed by atoms with Gasteiger partial charge >= 0.3 is 7.60 Å². The number of hydrogen-bond acceptors (Lipinski definition) is 5.